The first-order chi connectivity index (χ1) is 8.31. The molecule has 17 heavy (non-hydrogen) atoms. The molecule has 0 N–H and O–H groups in total. The Labute approximate surface area is 97.9 Å². The molecule has 3 rings (SSSR count). The van der Waals surface area contributed by atoms with Crippen molar-refractivity contribution in [1.29, 1.82) is 0 Å². The highest BCUT2D eigenvalue weighted by atomic mass is 16.5. The van der Waals surface area contributed by atoms with Crippen LogP contribution < -0.4 is 4.74 Å². The second kappa shape index (κ2) is 3.76. The Balaban J connectivity index is 2.20. The molecule has 1 aliphatic heterocycles. The molecular weight excluding hydrogens is 220 g/mol. The Morgan fingerprint density at radius 1 is 1.65 bits per heavy atom. The lowest BCUT2D eigenvalue weighted by atomic mass is 10.1. The van der Waals surface area contributed by atoms with Crippen molar-refractivity contribution in [1.82, 2.24) is 9.61 Å². The first kappa shape index (κ1) is 10.1. The van der Waals surface area contributed by atoms with Crippen LogP contribution in [0.5, 0.6) is 5.75 Å². The summed E-state index contributed by atoms with van der Waals surface area (Å²) in [6.07, 6.45) is 4.14. The van der Waals surface area contributed by atoms with E-state index < -0.39 is 0 Å². The lowest BCUT2D eigenvalue weighted by molar-refractivity contribution is 0.0528. The second-order valence-electron chi connectivity index (χ2n) is 3.83. The molecule has 0 amide bonds. The summed E-state index contributed by atoms with van der Waals surface area (Å²) in [6, 6.07) is 1.87. The molecule has 5 nitrogen and oxygen atoms in total. The van der Waals surface area contributed by atoms with Crippen molar-refractivity contribution >= 4 is 11.5 Å². The van der Waals surface area contributed by atoms with Crippen LogP contribution in [0.4, 0.5) is 0 Å². The molecule has 0 aliphatic carbocycles. The molecule has 0 atom stereocenters. The Bertz CT molecular complexity index is 589. The molecule has 0 radical (unpaired) electrons. The van der Waals surface area contributed by atoms with Crippen molar-refractivity contribution < 1.29 is 14.3 Å². The van der Waals surface area contributed by atoms with E-state index in [1.165, 1.54) is 0 Å². The molecule has 0 saturated carbocycles. The molecule has 0 fully saturated rings. The summed E-state index contributed by atoms with van der Waals surface area (Å²) >= 11 is 0. The fourth-order valence-electron chi connectivity index (χ4n) is 2.13. The summed E-state index contributed by atoms with van der Waals surface area (Å²) in [5.41, 5.74) is 2.35. The van der Waals surface area contributed by atoms with E-state index in [4.69, 9.17) is 9.47 Å². The first-order valence-corrected chi connectivity index (χ1v) is 5.60. The average molecular weight is 232 g/mol. The van der Waals surface area contributed by atoms with Gasteiger partial charge in [-0.1, -0.05) is 0 Å². The maximum Gasteiger partial charge on any atom is 0.341 e. The SMILES string of the molecule is CCOC(=O)c1cnn2ccc3c(c12)CCO3. The fraction of sp³-hybridized carbons (Fsp3) is 0.333. The lowest BCUT2D eigenvalue weighted by Gasteiger charge is -2.03. The van der Waals surface area contributed by atoms with Crippen LogP contribution in [0, 0.1) is 0 Å². The fourth-order valence-corrected chi connectivity index (χ4v) is 2.13. The van der Waals surface area contributed by atoms with Gasteiger partial charge >= 0.3 is 5.97 Å². The van der Waals surface area contributed by atoms with Crippen LogP contribution >= 0.6 is 0 Å². The lowest BCUT2D eigenvalue weighted by Crippen LogP contribution is -2.05. The molecule has 0 spiro atoms. The van der Waals surface area contributed by atoms with E-state index in [1.807, 2.05) is 6.07 Å². The molecule has 3 heterocycles. The highest BCUT2D eigenvalue weighted by Crippen LogP contribution is 2.30. The van der Waals surface area contributed by atoms with Crippen LogP contribution in [0.1, 0.15) is 22.8 Å². The van der Waals surface area contributed by atoms with Gasteiger partial charge < -0.3 is 9.47 Å². The predicted octanol–water partition coefficient (Wildman–Crippen LogP) is 1.45. The van der Waals surface area contributed by atoms with E-state index in [-0.39, 0.29) is 5.97 Å². The van der Waals surface area contributed by atoms with Gasteiger partial charge in [0.25, 0.3) is 0 Å². The van der Waals surface area contributed by atoms with Crippen LogP contribution in [0.25, 0.3) is 5.52 Å². The number of hydrogen-bond donors (Lipinski definition) is 0. The van der Waals surface area contributed by atoms with Crippen molar-refractivity contribution in [3.63, 3.8) is 0 Å². The van der Waals surface area contributed by atoms with Crippen molar-refractivity contribution in [3.05, 3.63) is 29.6 Å². The van der Waals surface area contributed by atoms with Gasteiger partial charge in [0, 0.05) is 18.2 Å². The quantitative estimate of drug-likeness (QED) is 0.735. The maximum absolute atomic E-state index is 11.8. The Morgan fingerprint density at radius 3 is 3.35 bits per heavy atom. The summed E-state index contributed by atoms with van der Waals surface area (Å²) in [7, 11) is 0. The number of rotatable bonds is 2. The number of pyridine rings is 1. The van der Waals surface area contributed by atoms with E-state index in [0.29, 0.717) is 18.8 Å². The summed E-state index contributed by atoms with van der Waals surface area (Å²) in [6.45, 7) is 2.81. The minimum Gasteiger partial charge on any atom is -0.493 e. The van der Waals surface area contributed by atoms with Gasteiger partial charge in [-0.05, 0) is 13.0 Å². The largest absolute Gasteiger partial charge is 0.493 e. The number of ether oxygens (including phenoxy) is 2. The predicted molar refractivity (Wildman–Crippen MR) is 60.3 cm³/mol. The van der Waals surface area contributed by atoms with Gasteiger partial charge in [-0.15, -0.1) is 0 Å². The topological polar surface area (TPSA) is 52.8 Å². The van der Waals surface area contributed by atoms with Crippen LogP contribution in [0.2, 0.25) is 0 Å². The standard InChI is InChI=1S/C12H12N2O3/c1-2-16-12(15)9-7-13-14-5-3-10-8(11(9)14)4-6-17-10/h3,5,7H,2,4,6H2,1H3. The van der Waals surface area contributed by atoms with Gasteiger partial charge in [0.1, 0.15) is 11.3 Å². The molecule has 1 aliphatic rings. The number of carbonyl (C=O) groups is 1. The van der Waals surface area contributed by atoms with E-state index >= 15 is 0 Å². The zero-order valence-electron chi connectivity index (χ0n) is 9.47. The minimum absolute atomic E-state index is 0.331. The van der Waals surface area contributed by atoms with Gasteiger partial charge in [-0.25, -0.2) is 9.31 Å². The van der Waals surface area contributed by atoms with E-state index in [2.05, 4.69) is 5.10 Å². The van der Waals surface area contributed by atoms with Crippen molar-refractivity contribution in [2.75, 3.05) is 13.2 Å². The molecule has 2 aromatic heterocycles. The smallest absolute Gasteiger partial charge is 0.341 e. The number of nitrogens with zero attached hydrogens (tertiary/aromatic N) is 2. The highest BCUT2D eigenvalue weighted by Gasteiger charge is 2.22. The normalized spacial score (nSPS) is 13.5. The van der Waals surface area contributed by atoms with Gasteiger partial charge in [0.15, 0.2) is 0 Å². The average Bonchev–Trinajstić information content (AvgIpc) is 2.94. The molecule has 0 saturated heterocycles. The third-order valence-corrected chi connectivity index (χ3v) is 2.85. The van der Waals surface area contributed by atoms with Gasteiger partial charge in [-0.3, -0.25) is 0 Å². The van der Waals surface area contributed by atoms with E-state index in [0.717, 1.165) is 23.3 Å². The number of esters is 1. The summed E-state index contributed by atoms with van der Waals surface area (Å²) in [5, 5.41) is 4.16. The van der Waals surface area contributed by atoms with Gasteiger partial charge in [0.05, 0.1) is 24.9 Å². The Hall–Kier alpha value is -2.04. The number of aromatic nitrogens is 2. The van der Waals surface area contributed by atoms with Crippen molar-refractivity contribution in [3.8, 4) is 5.75 Å². The molecule has 5 heteroatoms. The molecule has 2 aromatic rings. The third-order valence-electron chi connectivity index (χ3n) is 2.85. The Kier molecular flexibility index (Phi) is 2.24. The molecule has 0 bridgehead atoms. The van der Waals surface area contributed by atoms with Crippen molar-refractivity contribution in [2.45, 2.75) is 13.3 Å². The Morgan fingerprint density at radius 2 is 2.53 bits per heavy atom. The second-order valence-corrected chi connectivity index (χ2v) is 3.83. The molecule has 0 unspecified atom stereocenters. The van der Waals surface area contributed by atoms with Crippen LogP contribution in [0.3, 0.4) is 0 Å². The zero-order valence-corrected chi connectivity index (χ0v) is 9.47. The number of fused-ring (bicyclic) bond motifs is 3. The monoisotopic (exact) mass is 232 g/mol. The molecule has 88 valence electrons. The minimum atomic E-state index is -0.331. The highest BCUT2D eigenvalue weighted by molar-refractivity contribution is 5.98. The maximum atomic E-state index is 11.8. The molecule has 0 aromatic carbocycles. The van der Waals surface area contributed by atoms with E-state index in [1.54, 1.807) is 23.8 Å². The van der Waals surface area contributed by atoms with Crippen molar-refractivity contribution in [2.24, 2.45) is 0 Å². The van der Waals surface area contributed by atoms with E-state index in [9.17, 15) is 4.79 Å². The number of hydrogen-bond acceptors (Lipinski definition) is 4. The van der Waals surface area contributed by atoms with Crippen LogP contribution in [-0.4, -0.2) is 28.8 Å². The zero-order chi connectivity index (χ0) is 11.8. The van der Waals surface area contributed by atoms with Crippen LogP contribution in [-0.2, 0) is 11.2 Å². The third kappa shape index (κ3) is 1.46. The van der Waals surface area contributed by atoms with Gasteiger partial charge in [-0.2, -0.15) is 5.10 Å². The summed E-state index contributed by atoms with van der Waals surface area (Å²) in [4.78, 5) is 11.8. The first-order valence-electron chi connectivity index (χ1n) is 5.60. The van der Waals surface area contributed by atoms with Gasteiger partial charge in [0.2, 0.25) is 0 Å². The van der Waals surface area contributed by atoms with Crippen LogP contribution in [0.15, 0.2) is 18.5 Å². The summed E-state index contributed by atoms with van der Waals surface area (Å²) < 4.78 is 12.2. The summed E-state index contributed by atoms with van der Waals surface area (Å²) in [5.74, 6) is 0.506. The molecular formula is C12H12N2O3. The number of carbonyl (C=O) groups excluding carboxylic acids is 1.